The van der Waals surface area contributed by atoms with E-state index in [1.54, 1.807) is 13.8 Å². The Morgan fingerprint density at radius 3 is 2.71 bits per heavy atom. The van der Waals surface area contributed by atoms with Crippen molar-refractivity contribution in [3.05, 3.63) is 36.1 Å². The van der Waals surface area contributed by atoms with E-state index in [-0.39, 0.29) is 19.7 Å². The van der Waals surface area contributed by atoms with Crippen LogP contribution in [0.3, 0.4) is 0 Å². The summed E-state index contributed by atoms with van der Waals surface area (Å²) in [4.78, 5) is 50.5. The van der Waals surface area contributed by atoms with Gasteiger partial charge in [-0.15, -0.1) is 0 Å². The van der Waals surface area contributed by atoms with Crippen LogP contribution in [0, 0.1) is 0 Å². The zero-order valence-corrected chi connectivity index (χ0v) is 15.8. The lowest BCUT2D eigenvalue weighted by atomic mass is 10.1. The molecule has 0 radical (unpaired) electrons. The van der Waals surface area contributed by atoms with Crippen molar-refractivity contribution in [2.45, 2.75) is 39.7 Å². The molecule has 0 fully saturated rings. The number of carbonyl (C=O) groups is 3. The van der Waals surface area contributed by atoms with E-state index in [4.69, 9.17) is 4.84 Å². The lowest BCUT2D eigenvalue weighted by molar-refractivity contribution is -0.211. The van der Waals surface area contributed by atoms with Gasteiger partial charge in [0, 0.05) is 25.1 Å². The molecule has 11 heteroatoms. The second-order valence-electron chi connectivity index (χ2n) is 5.76. The number of hydroxylamine groups is 2. The van der Waals surface area contributed by atoms with E-state index in [9.17, 15) is 18.8 Å². The molecular formula is C17H22FN5O5. The number of ether oxygens (including phenoxy) is 1. The highest BCUT2D eigenvalue weighted by atomic mass is 19.1. The first kappa shape index (κ1) is 21.2. The predicted octanol–water partition coefficient (Wildman–Crippen LogP) is 0.913. The number of likely N-dealkylation sites (N-methyl/N-ethyl adjacent to an activating group) is 1. The van der Waals surface area contributed by atoms with Gasteiger partial charge < -0.3 is 15.0 Å². The number of hydrogen-bond acceptors (Lipinski definition) is 7. The first-order chi connectivity index (χ1) is 13.4. The Balaban J connectivity index is 2.10. The number of urea groups is 1. The molecule has 2 rings (SSSR count). The van der Waals surface area contributed by atoms with Crippen molar-refractivity contribution >= 4 is 17.9 Å². The zero-order chi connectivity index (χ0) is 20.7. The van der Waals surface area contributed by atoms with Crippen molar-refractivity contribution < 1.29 is 28.3 Å². The van der Waals surface area contributed by atoms with Crippen molar-refractivity contribution in [3.63, 3.8) is 0 Å². The van der Waals surface area contributed by atoms with Gasteiger partial charge in [-0.05, 0) is 26.3 Å². The van der Waals surface area contributed by atoms with Crippen molar-refractivity contribution in [2.75, 3.05) is 13.2 Å². The maximum Gasteiger partial charge on any atom is 0.371 e. The average Bonchev–Trinajstić information content (AvgIpc) is 2.69. The van der Waals surface area contributed by atoms with Gasteiger partial charge in [-0.3, -0.25) is 14.8 Å². The molecule has 0 unspecified atom stereocenters. The number of nitrogens with one attached hydrogen (secondary N) is 1. The predicted molar refractivity (Wildman–Crippen MR) is 93.7 cm³/mol. The number of aromatic nitrogens is 2. The normalized spacial score (nSPS) is 17.8. The van der Waals surface area contributed by atoms with Gasteiger partial charge in [0.1, 0.15) is 6.04 Å². The maximum atomic E-state index is 13.8. The standard InChI is InChI=1S/C17H22FN5O5/c1-4-22-13(15(24)21-9-12-8-19-6-7-20-12)11(3)10-23(17(22)26)28-14(18)16(25)27-5-2/h6-8,10,13-14H,4-5,9H2,1-3H3,(H,21,24)/t13-,14+/m0/s1. The van der Waals surface area contributed by atoms with E-state index >= 15 is 0 Å². The number of nitrogens with zero attached hydrogens (tertiary/aromatic N) is 4. The number of esters is 1. The van der Waals surface area contributed by atoms with Crippen molar-refractivity contribution in [1.29, 1.82) is 0 Å². The van der Waals surface area contributed by atoms with Crippen LogP contribution in [0.25, 0.3) is 0 Å². The van der Waals surface area contributed by atoms with Crippen molar-refractivity contribution in [1.82, 2.24) is 25.2 Å². The van der Waals surface area contributed by atoms with E-state index in [0.717, 1.165) is 0 Å². The molecule has 2 atom stereocenters. The minimum absolute atomic E-state index is 0.0272. The van der Waals surface area contributed by atoms with Gasteiger partial charge in [0.2, 0.25) is 5.91 Å². The fourth-order valence-corrected chi connectivity index (χ4v) is 2.58. The second-order valence-corrected chi connectivity index (χ2v) is 5.76. The van der Waals surface area contributed by atoms with Crippen LogP contribution in [-0.2, 0) is 25.7 Å². The zero-order valence-electron chi connectivity index (χ0n) is 15.8. The van der Waals surface area contributed by atoms with Gasteiger partial charge in [0.05, 0.1) is 25.0 Å². The Labute approximate surface area is 161 Å². The van der Waals surface area contributed by atoms with Crippen LogP contribution >= 0.6 is 0 Å². The Kier molecular flexibility index (Phi) is 7.38. The molecule has 1 N–H and O–H groups in total. The van der Waals surface area contributed by atoms with E-state index in [0.29, 0.717) is 16.3 Å². The Hall–Kier alpha value is -3.08. The summed E-state index contributed by atoms with van der Waals surface area (Å²) in [6, 6.07) is -1.69. The maximum absolute atomic E-state index is 13.8. The summed E-state index contributed by atoms with van der Waals surface area (Å²) in [7, 11) is 0. The smallest absolute Gasteiger partial charge is 0.371 e. The molecule has 0 bridgehead atoms. The summed E-state index contributed by atoms with van der Waals surface area (Å²) in [5.41, 5.74) is 0.983. The minimum Gasteiger partial charge on any atom is -0.462 e. The van der Waals surface area contributed by atoms with Gasteiger partial charge in [-0.2, -0.15) is 5.06 Å². The summed E-state index contributed by atoms with van der Waals surface area (Å²) in [5.74, 6) is -1.68. The third kappa shape index (κ3) is 5.00. The Morgan fingerprint density at radius 2 is 2.11 bits per heavy atom. The van der Waals surface area contributed by atoms with E-state index in [2.05, 4.69) is 20.0 Å². The first-order valence-corrected chi connectivity index (χ1v) is 8.67. The molecule has 1 aliphatic rings. The van der Waals surface area contributed by atoms with Crippen LogP contribution in [0.1, 0.15) is 26.5 Å². The fourth-order valence-electron chi connectivity index (χ4n) is 2.58. The third-order valence-electron chi connectivity index (χ3n) is 3.83. The van der Waals surface area contributed by atoms with Gasteiger partial charge >= 0.3 is 18.4 Å². The van der Waals surface area contributed by atoms with E-state index in [1.165, 1.54) is 36.6 Å². The number of halogens is 1. The molecule has 0 spiro atoms. The SMILES string of the molecule is CCOC(=O)[C@H](F)ON1C=C(C)[C@@H](C(=O)NCc2cnccn2)N(CC)C1=O. The molecule has 28 heavy (non-hydrogen) atoms. The monoisotopic (exact) mass is 395 g/mol. The second kappa shape index (κ2) is 9.74. The molecule has 3 amide bonds. The number of carbonyl (C=O) groups excluding carboxylic acids is 3. The topological polar surface area (TPSA) is 114 Å². The molecule has 10 nitrogen and oxygen atoms in total. The largest absolute Gasteiger partial charge is 0.462 e. The first-order valence-electron chi connectivity index (χ1n) is 8.67. The summed E-state index contributed by atoms with van der Waals surface area (Å²) in [6.07, 6.45) is 3.24. The highest BCUT2D eigenvalue weighted by Crippen LogP contribution is 2.22. The van der Waals surface area contributed by atoms with Gasteiger partial charge in [-0.25, -0.2) is 18.8 Å². The lowest BCUT2D eigenvalue weighted by Crippen LogP contribution is -2.56. The summed E-state index contributed by atoms with van der Waals surface area (Å²) >= 11 is 0. The van der Waals surface area contributed by atoms with E-state index < -0.39 is 30.3 Å². The molecule has 0 aromatic carbocycles. The summed E-state index contributed by atoms with van der Waals surface area (Å²) in [6.45, 7) is 5.04. The molecule has 1 aliphatic heterocycles. The van der Waals surface area contributed by atoms with Gasteiger partial charge in [-0.1, -0.05) is 0 Å². The molecular weight excluding hydrogens is 373 g/mol. The molecule has 1 aromatic rings. The summed E-state index contributed by atoms with van der Waals surface area (Å²) < 4.78 is 18.3. The van der Waals surface area contributed by atoms with Crippen LogP contribution in [0.4, 0.5) is 9.18 Å². The number of rotatable bonds is 8. The van der Waals surface area contributed by atoms with Crippen LogP contribution < -0.4 is 5.32 Å². The van der Waals surface area contributed by atoms with Crippen molar-refractivity contribution in [3.8, 4) is 0 Å². The van der Waals surface area contributed by atoms with Crippen molar-refractivity contribution in [2.24, 2.45) is 0 Å². The molecule has 152 valence electrons. The third-order valence-corrected chi connectivity index (χ3v) is 3.83. The molecule has 1 aromatic heterocycles. The van der Waals surface area contributed by atoms with Crippen LogP contribution in [-0.4, -0.2) is 63.4 Å². The summed E-state index contributed by atoms with van der Waals surface area (Å²) in [5, 5.41) is 3.28. The van der Waals surface area contributed by atoms with Crippen LogP contribution in [0.15, 0.2) is 30.4 Å². The number of amides is 3. The molecule has 0 aliphatic carbocycles. The molecule has 2 heterocycles. The van der Waals surface area contributed by atoms with E-state index in [1.807, 2.05) is 0 Å². The van der Waals surface area contributed by atoms with Crippen LogP contribution in [0.5, 0.6) is 0 Å². The van der Waals surface area contributed by atoms with Crippen LogP contribution in [0.2, 0.25) is 0 Å². The Morgan fingerprint density at radius 1 is 1.36 bits per heavy atom. The lowest BCUT2D eigenvalue weighted by Gasteiger charge is -2.37. The quantitative estimate of drug-likeness (QED) is 0.651. The molecule has 0 saturated heterocycles. The minimum atomic E-state index is -2.46. The fraction of sp³-hybridized carbons (Fsp3) is 0.471. The average molecular weight is 395 g/mol. The van der Waals surface area contributed by atoms with Gasteiger partial charge in [0.15, 0.2) is 0 Å². The highest BCUT2D eigenvalue weighted by Gasteiger charge is 2.39. The highest BCUT2D eigenvalue weighted by molar-refractivity contribution is 5.91. The Bertz CT molecular complexity index is 745. The molecule has 0 saturated carbocycles. The number of alkyl halides is 1. The number of hydrogen-bond donors (Lipinski definition) is 1. The van der Waals surface area contributed by atoms with Gasteiger partial charge in [0.25, 0.3) is 0 Å².